The third-order valence-corrected chi connectivity index (χ3v) is 6.96. The van der Waals surface area contributed by atoms with Crippen LogP contribution >= 0.6 is 11.6 Å². The first-order valence-electron chi connectivity index (χ1n) is 11.7. The van der Waals surface area contributed by atoms with Crippen LogP contribution in [0, 0.1) is 29.7 Å². The van der Waals surface area contributed by atoms with Crippen molar-refractivity contribution >= 4 is 29.1 Å². The van der Waals surface area contributed by atoms with Gasteiger partial charge in [0.15, 0.2) is 23.5 Å². The minimum absolute atomic E-state index is 0.0620. The Labute approximate surface area is 211 Å². The molecular formula is C25H26ClF2N5O3. The number of nitrogens with one attached hydrogen (secondary N) is 2. The quantitative estimate of drug-likeness (QED) is 0.376. The number of benzene rings is 1. The lowest BCUT2D eigenvalue weighted by atomic mass is 9.83. The fraction of sp³-hybridized carbons (Fsp3) is 0.360. The van der Waals surface area contributed by atoms with Crippen LogP contribution < -0.4 is 15.4 Å². The fourth-order valence-electron chi connectivity index (χ4n) is 4.66. The fourth-order valence-corrected chi connectivity index (χ4v) is 4.96. The monoisotopic (exact) mass is 517 g/mol. The topological polar surface area (TPSA) is 103 Å². The van der Waals surface area contributed by atoms with E-state index in [-0.39, 0.29) is 39.1 Å². The second kappa shape index (κ2) is 10.6. The second-order valence-corrected chi connectivity index (χ2v) is 9.32. The van der Waals surface area contributed by atoms with Crippen LogP contribution in [-0.2, 0) is 11.8 Å². The third-order valence-electron chi connectivity index (χ3n) is 6.64. The molecule has 0 aliphatic heterocycles. The van der Waals surface area contributed by atoms with E-state index in [1.165, 1.54) is 48.3 Å². The van der Waals surface area contributed by atoms with Crippen molar-refractivity contribution in [2.24, 2.45) is 13.0 Å². The molecule has 0 spiro atoms. The molecule has 190 valence electrons. The van der Waals surface area contributed by atoms with Gasteiger partial charge in [0, 0.05) is 31.8 Å². The number of carbonyl (C=O) groups excluding carboxylic acids is 2. The van der Waals surface area contributed by atoms with Crippen LogP contribution in [0.1, 0.15) is 48.3 Å². The average Bonchev–Trinajstić information content (AvgIpc) is 3.30. The summed E-state index contributed by atoms with van der Waals surface area (Å²) in [6, 6.07) is 4.35. The molecule has 1 aliphatic rings. The highest BCUT2D eigenvalue weighted by atomic mass is 35.5. The molecular weight excluding hydrogens is 492 g/mol. The zero-order valence-corrected chi connectivity index (χ0v) is 20.6. The Morgan fingerprint density at radius 2 is 1.89 bits per heavy atom. The number of anilines is 1. The van der Waals surface area contributed by atoms with Crippen molar-refractivity contribution in [3.63, 3.8) is 0 Å². The zero-order chi connectivity index (χ0) is 26.0. The summed E-state index contributed by atoms with van der Waals surface area (Å²) in [4.78, 5) is 26.1. The number of aromatic nitrogens is 3. The maximum absolute atomic E-state index is 15.1. The summed E-state index contributed by atoms with van der Waals surface area (Å²) in [6.07, 6.45) is 6.94. The molecule has 8 nitrogen and oxygen atoms in total. The Balaban J connectivity index is 1.61. The van der Waals surface area contributed by atoms with Crippen LogP contribution in [0.2, 0.25) is 5.02 Å². The first-order chi connectivity index (χ1) is 17.2. The smallest absolute Gasteiger partial charge is 0.270 e. The van der Waals surface area contributed by atoms with Crippen LogP contribution in [0.3, 0.4) is 0 Å². The Morgan fingerprint density at radius 3 is 2.56 bits per heavy atom. The van der Waals surface area contributed by atoms with E-state index in [1.807, 2.05) is 0 Å². The summed E-state index contributed by atoms with van der Waals surface area (Å²) >= 11 is 6.16. The SMILES string of the molecule is Cc1c(-c2ccc(NC(=O)[C@@H](NC(=O)c3ccnn3C)C3CCCCC3)c(F)c2F)c(Cl)cc[n+]1[O-]. The number of hydrogen-bond donors (Lipinski definition) is 2. The summed E-state index contributed by atoms with van der Waals surface area (Å²) in [6.45, 7) is 1.45. The average molecular weight is 518 g/mol. The molecule has 4 rings (SSSR count). The van der Waals surface area contributed by atoms with E-state index < -0.39 is 29.5 Å². The van der Waals surface area contributed by atoms with Crippen LogP contribution in [0.25, 0.3) is 11.1 Å². The molecule has 3 aromatic rings. The number of aryl methyl sites for hydroxylation is 1. The molecule has 0 radical (unpaired) electrons. The van der Waals surface area contributed by atoms with Crippen molar-refractivity contribution in [1.82, 2.24) is 15.1 Å². The van der Waals surface area contributed by atoms with Gasteiger partial charge in [0.2, 0.25) is 5.91 Å². The van der Waals surface area contributed by atoms with Crippen molar-refractivity contribution in [3.05, 3.63) is 69.9 Å². The summed E-state index contributed by atoms with van der Waals surface area (Å²) in [7, 11) is 1.61. The standard InChI is InChI=1S/C25H26ClF2N5O3/c1-14-20(17(26)11-13-33(14)36)16-8-9-18(22(28)21(16)27)30-25(35)23(15-6-4-3-5-7-15)31-24(34)19-10-12-29-32(19)2/h8-13,15,23H,3-7H2,1-2H3,(H,30,35)(H,31,34)/t23-/m0/s1. The third kappa shape index (κ3) is 5.04. The van der Waals surface area contributed by atoms with Gasteiger partial charge in [-0.05, 0) is 37.0 Å². The Hall–Kier alpha value is -3.53. The van der Waals surface area contributed by atoms with E-state index >= 15 is 8.78 Å². The molecule has 36 heavy (non-hydrogen) atoms. The minimum atomic E-state index is -1.29. The van der Waals surface area contributed by atoms with Crippen LogP contribution in [0.4, 0.5) is 14.5 Å². The van der Waals surface area contributed by atoms with Gasteiger partial charge in [0.25, 0.3) is 5.91 Å². The predicted octanol–water partition coefficient (Wildman–Crippen LogP) is 4.28. The molecule has 11 heteroatoms. The van der Waals surface area contributed by atoms with Gasteiger partial charge in [-0.3, -0.25) is 14.3 Å². The van der Waals surface area contributed by atoms with E-state index in [0.717, 1.165) is 32.1 Å². The summed E-state index contributed by atoms with van der Waals surface area (Å²) < 4.78 is 32.1. The Kier molecular flexibility index (Phi) is 7.53. The number of rotatable bonds is 6. The van der Waals surface area contributed by atoms with Gasteiger partial charge in [-0.2, -0.15) is 9.83 Å². The number of hydrogen-bond acceptors (Lipinski definition) is 4. The summed E-state index contributed by atoms with van der Waals surface area (Å²) in [5.41, 5.74) is -0.140. The van der Waals surface area contributed by atoms with E-state index in [4.69, 9.17) is 11.6 Å². The minimum Gasteiger partial charge on any atom is -0.618 e. The Bertz CT molecular complexity index is 1310. The van der Waals surface area contributed by atoms with Gasteiger partial charge in [0.05, 0.1) is 16.3 Å². The molecule has 1 fully saturated rings. The Morgan fingerprint density at radius 1 is 1.17 bits per heavy atom. The van der Waals surface area contributed by atoms with Crippen LogP contribution in [-0.4, -0.2) is 27.6 Å². The first kappa shape index (κ1) is 25.6. The molecule has 2 heterocycles. The molecule has 1 atom stereocenters. The van der Waals surface area contributed by atoms with Gasteiger partial charge >= 0.3 is 0 Å². The molecule has 0 bridgehead atoms. The molecule has 1 saturated carbocycles. The second-order valence-electron chi connectivity index (χ2n) is 8.92. The predicted molar refractivity (Wildman–Crippen MR) is 130 cm³/mol. The zero-order valence-electron chi connectivity index (χ0n) is 19.9. The lowest BCUT2D eigenvalue weighted by Crippen LogP contribution is -2.49. The number of amides is 2. The molecule has 2 N–H and O–H groups in total. The van der Waals surface area contributed by atoms with Crippen molar-refractivity contribution in [1.29, 1.82) is 0 Å². The van der Waals surface area contributed by atoms with Crippen LogP contribution in [0.15, 0.2) is 36.7 Å². The van der Waals surface area contributed by atoms with Gasteiger partial charge in [0.1, 0.15) is 11.7 Å². The number of pyridine rings is 1. The van der Waals surface area contributed by atoms with Gasteiger partial charge in [-0.25, -0.2) is 8.78 Å². The van der Waals surface area contributed by atoms with Gasteiger partial charge in [-0.15, -0.1) is 0 Å². The van der Waals surface area contributed by atoms with Crippen molar-refractivity contribution in [3.8, 4) is 11.1 Å². The highest BCUT2D eigenvalue weighted by molar-refractivity contribution is 6.33. The van der Waals surface area contributed by atoms with Crippen molar-refractivity contribution in [2.45, 2.75) is 45.1 Å². The highest BCUT2D eigenvalue weighted by Gasteiger charge is 2.33. The van der Waals surface area contributed by atoms with E-state index in [1.54, 1.807) is 7.05 Å². The van der Waals surface area contributed by atoms with E-state index in [2.05, 4.69) is 15.7 Å². The molecule has 2 aromatic heterocycles. The van der Waals surface area contributed by atoms with Gasteiger partial charge < -0.3 is 15.8 Å². The molecule has 0 saturated heterocycles. The molecule has 2 amide bonds. The maximum Gasteiger partial charge on any atom is 0.270 e. The number of carbonyl (C=O) groups is 2. The molecule has 1 aromatic carbocycles. The number of halogens is 3. The van der Waals surface area contributed by atoms with Gasteiger partial charge in [-0.1, -0.05) is 30.9 Å². The normalized spacial score (nSPS) is 14.9. The first-order valence-corrected chi connectivity index (χ1v) is 12.0. The molecule has 1 aliphatic carbocycles. The lowest BCUT2D eigenvalue weighted by molar-refractivity contribution is -0.611. The van der Waals surface area contributed by atoms with E-state index in [0.29, 0.717) is 4.73 Å². The lowest BCUT2D eigenvalue weighted by Gasteiger charge is -2.30. The highest BCUT2D eigenvalue weighted by Crippen LogP contribution is 2.35. The van der Waals surface area contributed by atoms with Crippen molar-refractivity contribution < 1.29 is 23.1 Å². The summed E-state index contributed by atoms with van der Waals surface area (Å²) in [5, 5.41) is 21.2. The molecule has 0 unspecified atom stereocenters. The maximum atomic E-state index is 15.1. The summed E-state index contributed by atoms with van der Waals surface area (Å²) in [5.74, 6) is -3.82. The largest absolute Gasteiger partial charge is 0.618 e. The van der Waals surface area contributed by atoms with Crippen LogP contribution in [0.5, 0.6) is 0 Å². The number of nitrogens with zero attached hydrogens (tertiary/aromatic N) is 3. The van der Waals surface area contributed by atoms with Crippen molar-refractivity contribution in [2.75, 3.05) is 5.32 Å². The van der Waals surface area contributed by atoms with E-state index in [9.17, 15) is 14.8 Å².